The lowest BCUT2D eigenvalue weighted by molar-refractivity contribution is -0.126. The van der Waals surface area contributed by atoms with Gasteiger partial charge in [0.1, 0.15) is 17.0 Å². The fraction of sp³-hybridized carbons (Fsp3) is 0.464. The van der Waals surface area contributed by atoms with Gasteiger partial charge < -0.3 is 20.2 Å². The van der Waals surface area contributed by atoms with Crippen LogP contribution >= 0.6 is 11.3 Å². The molecule has 8 nitrogen and oxygen atoms in total. The maximum atomic E-state index is 13.0. The molecule has 2 aliphatic heterocycles. The van der Waals surface area contributed by atoms with E-state index in [9.17, 15) is 9.90 Å². The number of piperazine rings is 1. The normalized spacial score (nSPS) is 17.8. The van der Waals surface area contributed by atoms with E-state index in [-0.39, 0.29) is 18.6 Å². The molecule has 0 bridgehead atoms. The molecule has 4 heterocycles. The molecule has 2 aromatic heterocycles. The third-order valence-electron chi connectivity index (χ3n) is 7.27. The number of thiophene rings is 1. The van der Waals surface area contributed by atoms with Crippen molar-refractivity contribution in [3.8, 4) is 0 Å². The zero-order chi connectivity index (χ0) is 25.6. The van der Waals surface area contributed by atoms with E-state index in [0.29, 0.717) is 13.1 Å². The molecule has 196 valence electrons. The van der Waals surface area contributed by atoms with Crippen molar-refractivity contribution in [2.45, 2.75) is 32.4 Å². The topological polar surface area (TPSA) is 84.8 Å². The quantitative estimate of drug-likeness (QED) is 0.419. The summed E-state index contributed by atoms with van der Waals surface area (Å²) in [4.78, 5) is 30.9. The van der Waals surface area contributed by atoms with Gasteiger partial charge >= 0.3 is 0 Å². The van der Waals surface area contributed by atoms with E-state index in [1.807, 2.05) is 41.3 Å². The summed E-state index contributed by atoms with van der Waals surface area (Å²) in [5.41, 5.74) is 2.22. The second kappa shape index (κ2) is 12.1. The number of aliphatic hydroxyl groups is 1. The van der Waals surface area contributed by atoms with Crippen molar-refractivity contribution in [1.29, 1.82) is 0 Å². The third-order valence-corrected chi connectivity index (χ3v) is 8.40. The average molecular weight is 521 g/mol. The maximum Gasteiger partial charge on any atom is 0.246 e. The highest BCUT2D eigenvalue weighted by Gasteiger charge is 2.26. The number of benzene rings is 1. The first-order valence-electron chi connectivity index (χ1n) is 13.2. The number of hydrogen-bond donors (Lipinski definition) is 2. The van der Waals surface area contributed by atoms with Crippen LogP contribution in [0.2, 0.25) is 0 Å². The van der Waals surface area contributed by atoms with E-state index in [0.717, 1.165) is 60.7 Å². The second-order valence-electron chi connectivity index (χ2n) is 9.75. The van der Waals surface area contributed by atoms with Gasteiger partial charge in [-0.05, 0) is 30.5 Å². The summed E-state index contributed by atoms with van der Waals surface area (Å²) in [5.74, 6) is 0.811. The number of amides is 1. The Labute approximate surface area is 222 Å². The van der Waals surface area contributed by atoms with Gasteiger partial charge in [-0.3, -0.25) is 9.69 Å². The number of hydrogen-bond acceptors (Lipinski definition) is 8. The highest BCUT2D eigenvalue weighted by atomic mass is 32.1. The molecule has 3 aromatic rings. The Balaban J connectivity index is 1.23. The number of aliphatic hydroxyl groups excluding tert-OH is 1. The summed E-state index contributed by atoms with van der Waals surface area (Å²) in [5, 5.41) is 14.5. The third kappa shape index (κ3) is 6.01. The Kier molecular flexibility index (Phi) is 8.45. The van der Waals surface area contributed by atoms with Crippen molar-refractivity contribution in [3.63, 3.8) is 0 Å². The molecule has 0 radical (unpaired) electrons. The van der Waals surface area contributed by atoms with Crippen molar-refractivity contribution in [1.82, 2.24) is 24.7 Å². The Morgan fingerprint density at radius 1 is 1.14 bits per heavy atom. The molecule has 0 saturated carbocycles. The standard InChI is InChI=1S/C28H36N6O2S/c1-2-11-32-14-16-33(17-15-32)12-6-9-25(36)34-13-10-22-24(18-34)37-28-26(22)27(29-20-30-28)31-23(19-35)21-7-4-3-5-8-21/h3-9,20,23,35H,2,10-19H2,1H3,(H,29,30,31)/b9-6+/t23-/m1/s1. The molecule has 1 atom stereocenters. The van der Waals surface area contributed by atoms with Crippen molar-refractivity contribution in [2.75, 3.05) is 57.7 Å². The lowest BCUT2D eigenvalue weighted by Crippen LogP contribution is -2.46. The Morgan fingerprint density at radius 3 is 2.68 bits per heavy atom. The molecular formula is C28H36N6O2S. The summed E-state index contributed by atoms with van der Waals surface area (Å²) < 4.78 is 0. The molecule has 1 fully saturated rings. The number of carbonyl (C=O) groups is 1. The number of nitrogens with one attached hydrogen (secondary N) is 1. The van der Waals surface area contributed by atoms with Gasteiger partial charge in [0.2, 0.25) is 5.91 Å². The monoisotopic (exact) mass is 520 g/mol. The minimum absolute atomic E-state index is 0.0368. The first kappa shape index (κ1) is 25.8. The Morgan fingerprint density at radius 2 is 1.92 bits per heavy atom. The number of rotatable bonds is 9. The zero-order valence-corrected chi connectivity index (χ0v) is 22.3. The molecule has 0 spiro atoms. The maximum absolute atomic E-state index is 13.0. The van der Waals surface area contributed by atoms with E-state index in [1.54, 1.807) is 23.7 Å². The molecule has 2 aliphatic rings. The average Bonchev–Trinajstić information content (AvgIpc) is 3.32. The summed E-state index contributed by atoms with van der Waals surface area (Å²) in [6.45, 7) is 9.81. The summed E-state index contributed by atoms with van der Waals surface area (Å²) >= 11 is 1.63. The van der Waals surface area contributed by atoms with Crippen LogP contribution in [0.5, 0.6) is 0 Å². The Bertz CT molecular complexity index is 1220. The lowest BCUT2D eigenvalue weighted by atomic mass is 10.0. The van der Waals surface area contributed by atoms with Gasteiger partial charge in [-0.2, -0.15) is 0 Å². The molecule has 5 rings (SSSR count). The van der Waals surface area contributed by atoms with E-state index < -0.39 is 0 Å². The van der Waals surface area contributed by atoms with E-state index in [4.69, 9.17) is 0 Å². The van der Waals surface area contributed by atoms with Crippen LogP contribution in [-0.2, 0) is 17.8 Å². The lowest BCUT2D eigenvalue weighted by Gasteiger charge is -2.33. The highest BCUT2D eigenvalue weighted by Crippen LogP contribution is 2.38. The fourth-order valence-electron chi connectivity index (χ4n) is 5.23. The molecular weight excluding hydrogens is 484 g/mol. The molecule has 1 aromatic carbocycles. The van der Waals surface area contributed by atoms with Gasteiger partial charge in [0, 0.05) is 50.2 Å². The fourth-order valence-corrected chi connectivity index (χ4v) is 6.43. The van der Waals surface area contributed by atoms with E-state index in [2.05, 4.69) is 32.0 Å². The smallest absolute Gasteiger partial charge is 0.246 e. The van der Waals surface area contributed by atoms with Crippen LogP contribution in [0.3, 0.4) is 0 Å². The first-order valence-corrected chi connectivity index (χ1v) is 14.1. The summed E-state index contributed by atoms with van der Waals surface area (Å²) in [6, 6.07) is 9.64. The van der Waals surface area contributed by atoms with Crippen LogP contribution < -0.4 is 5.32 Å². The molecule has 0 unspecified atom stereocenters. The number of carbonyl (C=O) groups excluding carboxylic acids is 1. The SMILES string of the molecule is CCCN1CCN(C/C=C/C(=O)N2CCc3c(sc4ncnc(N[C@H](CO)c5ccccc5)c34)C2)CC1. The van der Waals surface area contributed by atoms with Gasteiger partial charge in [0.05, 0.1) is 24.6 Å². The van der Waals surface area contributed by atoms with Gasteiger partial charge in [-0.15, -0.1) is 11.3 Å². The summed E-state index contributed by atoms with van der Waals surface area (Å²) in [7, 11) is 0. The van der Waals surface area contributed by atoms with Gasteiger partial charge in [-0.25, -0.2) is 9.97 Å². The predicted molar refractivity (Wildman–Crippen MR) is 149 cm³/mol. The van der Waals surface area contributed by atoms with E-state index >= 15 is 0 Å². The number of anilines is 1. The van der Waals surface area contributed by atoms with Crippen molar-refractivity contribution < 1.29 is 9.90 Å². The molecule has 37 heavy (non-hydrogen) atoms. The van der Waals surface area contributed by atoms with Crippen LogP contribution in [0.1, 0.15) is 35.4 Å². The van der Waals surface area contributed by atoms with Crippen molar-refractivity contribution >= 4 is 33.3 Å². The van der Waals surface area contributed by atoms with Crippen LogP contribution in [0, 0.1) is 0 Å². The first-order chi connectivity index (χ1) is 18.2. The second-order valence-corrected chi connectivity index (χ2v) is 10.8. The predicted octanol–water partition coefficient (Wildman–Crippen LogP) is 3.31. The Hall–Kier alpha value is -2.85. The highest BCUT2D eigenvalue weighted by molar-refractivity contribution is 7.19. The molecule has 0 aliphatic carbocycles. The van der Waals surface area contributed by atoms with Crippen molar-refractivity contribution in [2.24, 2.45) is 0 Å². The van der Waals surface area contributed by atoms with Gasteiger partial charge in [-0.1, -0.05) is 43.3 Å². The van der Waals surface area contributed by atoms with Crippen LogP contribution in [0.15, 0.2) is 48.8 Å². The van der Waals surface area contributed by atoms with Gasteiger partial charge in [0.15, 0.2) is 0 Å². The minimum atomic E-state index is -0.253. The number of fused-ring (bicyclic) bond motifs is 3. The van der Waals surface area contributed by atoms with E-state index in [1.165, 1.54) is 23.4 Å². The zero-order valence-electron chi connectivity index (χ0n) is 21.5. The summed E-state index contributed by atoms with van der Waals surface area (Å²) in [6.07, 6.45) is 7.30. The van der Waals surface area contributed by atoms with Crippen molar-refractivity contribution in [3.05, 3.63) is 64.8 Å². The van der Waals surface area contributed by atoms with Crippen LogP contribution in [0.4, 0.5) is 5.82 Å². The number of nitrogens with zero attached hydrogens (tertiary/aromatic N) is 5. The molecule has 1 saturated heterocycles. The number of aromatic nitrogens is 2. The van der Waals surface area contributed by atoms with Crippen LogP contribution in [-0.4, -0.2) is 88.1 Å². The molecule has 9 heteroatoms. The molecule has 1 amide bonds. The van der Waals surface area contributed by atoms with Gasteiger partial charge in [0.25, 0.3) is 0 Å². The van der Waals surface area contributed by atoms with Crippen LogP contribution in [0.25, 0.3) is 10.2 Å². The minimum Gasteiger partial charge on any atom is -0.394 e. The molecule has 2 N–H and O–H groups in total. The largest absolute Gasteiger partial charge is 0.394 e.